The smallest absolute Gasteiger partial charge is 0.123 e. The predicted molar refractivity (Wildman–Crippen MR) is 70.7 cm³/mol. The summed E-state index contributed by atoms with van der Waals surface area (Å²) in [6, 6.07) is 6.78. The van der Waals surface area contributed by atoms with Crippen LogP contribution in [0.1, 0.15) is 26.3 Å². The normalized spacial score (nSPS) is 11.8. The lowest BCUT2D eigenvalue weighted by atomic mass is 10.1. The highest BCUT2D eigenvalue weighted by atomic mass is 19.1. The molecule has 0 saturated carbocycles. The van der Waals surface area contributed by atoms with Gasteiger partial charge in [-0.05, 0) is 51.4 Å². The van der Waals surface area contributed by atoms with E-state index in [2.05, 4.69) is 31.4 Å². The quantitative estimate of drug-likeness (QED) is 0.743. The average molecular weight is 238 g/mol. The van der Waals surface area contributed by atoms with Gasteiger partial charge in [0.1, 0.15) is 5.82 Å². The van der Waals surface area contributed by atoms with E-state index in [1.54, 1.807) is 12.1 Å². The van der Waals surface area contributed by atoms with E-state index in [0.29, 0.717) is 0 Å². The molecule has 1 rings (SSSR count). The van der Waals surface area contributed by atoms with Crippen LogP contribution in [-0.4, -0.2) is 25.2 Å². The van der Waals surface area contributed by atoms with Gasteiger partial charge in [0.25, 0.3) is 0 Å². The molecular formula is C14H23FN2. The van der Waals surface area contributed by atoms with Gasteiger partial charge in [-0.1, -0.05) is 12.1 Å². The van der Waals surface area contributed by atoms with Gasteiger partial charge in [-0.15, -0.1) is 0 Å². The number of halogens is 1. The second kappa shape index (κ2) is 6.72. The van der Waals surface area contributed by atoms with Gasteiger partial charge in [0.15, 0.2) is 0 Å². The first kappa shape index (κ1) is 14.1. The Kier molecular flexibility index (Phi) is 5.59. The summed E-state index contributed by atoms with van der Waals surface area (Å²) in [6.45, 7) is 9.23. The zero-order chi connectivity index (χ0) is 12.7. The number of benzene rings is 1. The average Bonchev–Trinajstić information content (AvgIpc) is 2.22. The van der Waals surface area contributed by atoms with Crippen LogP contribution in [0.4, 0.5) is 4.39 Å². The number of hydrogen-bond acceptors (Lipinski definition) is 2. The molecule has 0 aliphatic carbocycles. The first-order valence-electron chi connectivity index (χ1n) is 6.17. The lowest BCUT2D eigenvalue weighted by Gasteiger charge is -2.20. The lowest BCUT2D eigenvalue weighted by molar-refractivity contribution is 0.422. The molecule has 0 aliphatic heterocycles. The molecule has 0 amide bonds. The fraction of sp³-hybridized carbons (Fsp3) is 0.571. The molecule has 96 valence electrons. The van der Waals surface area contributed by atoms with Crippen molar-refractivity contribution in [3.8, 4) is 0 Å². The third kappa shape index (κ3) is 7.08. The van der Waals surface area contributed by atoms with Crippen LogP contribution < -0.4 is 10.6 Å². The summed E-state index contributed by atoms with van der Waals surface area (Å²) in [5.74, 6) is -0.156. The molecule has 1 aromatic carbocycles. The second-order valence-electron chi connectivity index (χ2n) is 5.31. The summed E-state index contributed by atoms with van der Waals surface area (Å²) in [7, 11) is 0. The Bertz CT molecular complexity index is 331. The van der Waals surface area contributed by atoms with Crippen molar-refractivity contribution in [1.82, 2.24) is 10.6 Å². The highest BCUT2D eigenvalue weighted by molar-refractivity contribution is 5.16. The number of rotatable bonds is 6. The van der Waals surface area contributed by atoms with Crippen LogP contribution in [0.15, 0.2) is 24.3 Å². The Hall–Kier alpha value is -0.930. The molecule has 0 unspecified atom stereocenters. The van der Waals surface area contributed by atoms with Gasteiger partial charge in [-0.2, -0.15) is 0 Å². The largest absolute Gasteiger partial charge is 0.315 e. The molecule has 0 saturated heterocycles. The van der Waals surface area contributed by atoms with Crippen molar-refractivity contribution in [3.63, 3.8) is 0 Å². The van der Waals surface area contributed by atoms with Gasteiger partial charge in [0, 0.05) is 18.6 Å². The zero-order valence-electron chi connectivity index (χ0n) is 11.0. The Labute approximate surface area is 104 Å². The van der Waals surface area contributed by atoms with Crippen LogP contribution in [0.3, 0.4) is 0 Å². The SMILES string of the molecule is CC(C)(C)NCCNCCc1cccc(F)c1. The third-order valence-corrected chi connectivity index (χ3v) is 2.44. The number of hydrogen-bond donors (Lipinski definition) is 2. The zero-order valence-corrected chi connectivity index (χ0v) is 11.0. The minimum atomic E-state index is -0.156. The van der Waals surface area contributed by atoms with Crippen molar-refractivity contribution in [2.45, 2.75) is 32.7 Å². The molecule has 2 N–H and O–H groups in total. The molecule has 2 nitrogen and oxygen atoms in total. The Balaban J connectivity index is 2.09. The van der Waals surface area contributed by atoms with Crippen LogP contribution in [-0.2, 0) is 6.42 Å². The Morgan fingerprint density at radius 2 is 1.88 bits per heavy atom. The highest BCUT2D eigenvalue weighted by Gasteiger charge is 2.06. The Morgan fingerprint density at radius 1 is 1.12 bits per heavy atom. The molecule has 0 radical (unpaired) electrons. The van der Waals surface area contributed by atoms with Crippen LogP contribution in [0.5, 0.6) is 0 Å². The lowest BCUT2D eigenvalue weighted by Crippen LogP contribution is -2.40. The van der Waals surface area contributed by atoms with E-state index in [-0.39, 0.29) is 11.4 Å². The van der Waals surface area contributed by atoms with Crippen molar-refractivity contribution in [2.75, 3.05) is 19.6 Å². The monoisotopic (exact) mass is 238 g/mol. The Morgan fingerprint density at radius 3 is 2.53 bits per heavy atom. The molecule has 0 atom stereocenters. The van der Waals surface area contributed by atoms with Gasteiger partial charge >= 0.3 is 0 Å². The van der Waals surface area contributed by atoms with Crippen LogP contribution in [0.2, 0.25) is 0 Å². The van der Waals surface area contributed by atoms with Gasteiger partial charge in [-0.3, -0.25) is 0 Å². The molecule has 1 aromatic rings. The standard InChI is InChI=1S/C14H23FN2/c1-14(2,3)17-10-9-16-8-7-12-5-4-6-13(15)11-12/h4-6,11,16-17H,7-10H2,1-3H3. The van der Waals surface area contributed by atoms with Gasteiger partial charge in [0.05, 0.1) is 0 Å². The van der Waals surface area contributed by atoms with Crippen LogP contribution in [0.25, 0.3) is 0 Å². The van der Waals surface area contributed by atoms with E-state index in [1.807, 2.05) is 6.07 Å². The first-order chi connectivity index (χ1) is 7.97. The number of nitrogens with one attached hydrogen (secondary N) is 2. The first-order valence-corrected chi connectivity index (χ1v) is 6.17. The van der Waals surface area contributed by atoms with Gasteiger partial charge in [-0.25, -0.2) is 4.39 Å². The van der Waals surface area contributed by atoms with Crippen LogP contribution in [0, 0.1) is 5.82 Å². The van der Waals surface area contributed by atoms with Gasteiger partial charge < -0.3 is 10.6 Å². The van der Waals surface area contributed by atoms with E-state index >= 15 is 0 Å². The van der Waals surface area contributed by atoms with E-state index < -0.39 is 0 Å². The van der Waals surface area contributed by atoms with Crippen molar-refractivity contribution in [3.05, 3.63) is 35.6 Å². The van der Waals surface area contributed by atoms with Crippen molar-refractivity contribution in [1.29, 1.82) is 0 Å². The van der Waals surface area contributed by atoms with E-state index in [9.17, 15) is 4.39 Å². The summed E-state index contributed by atoms with van der Waals surface area (Å²) in [6.07, 6.45) is 0.868. The summed E-state index contributed by atoms with van der Waals surface area (Å²) in [5.41, 5.74) is 1.21. The topological polar surface area (TPSA) is 24.1 Å². The molecule has 17 heavy (non-hydrogen) atoms. The van der Waals surface area contributed by atoms with E-state index in [4.69, 9.17) is 0 Å². The molecular weight excluding hydrogens is 215 g/mol. The van der Waals surface area contributed by atoms with Crippen molar-refractivity contribution >= 4 is 0 Å². The molecule has 0 bridgehead atoms. The highest BCUT2D eigenvalue weighted by Crippen LogP contribution is 2.03. The maximum atomic E-state index is 12.9. The predicted octanol–water partition coefficient (Wildman–Crippen LogP) is 2.35. The molecule has 0 heterocycles. The fourth-order valence-electron chi connectivity index (χ4n) is 1.58. The molecule has 0 fully saturated rings. The molecule has 0 aliphatic rings. The summed E-state index contributed by atoms with van der Waals surface area (Å²) in [4.78, 5) is 0. The van der Waals surface area contributed by atoms with Crippen LogP contribution >= 0.6 is 0 Å². The molecule has 3 heteroatoms. The summed E-state index contributed by atoms with van der Waals surface area (Å²) in [5, 5.41) is 6.75. The fourth-order valence-corrected chi connectivity index (χ4v) is 1.58. The summed E-state index contributed by atoms with van der Waals surface area (Å²) >= 11 is 0. The maximum absolute atomic E-state index is 12.9. The second-order valence-corrected chi connectivity index (χ2v) is 5.31. The molecule has 0 aromatic heterocycles. The molecule has 0 spiro atoms. The maximum Gasteiger partial charge on any atom is 0.123 e. The van der Waals surface area contributed by atoms with Crippen molar-refractivity contribution in [2.24, 2.45) is 0 Å². The van der Waals surface area contributed by atoms with E-state index in [0.717, 1.165) is 31.6 Å². The van der Waals surface area contributed by atoms with E-state index in [1.165, 1.54) is 6.07 Å². The minimum Gasteiger partial charge on any atom is -0.315 e. The minimum absolute atomic E-state index is 0.156. The van der Waals surface area contributed by atoms with Crippen molar-refractivity contribution < 1.29 is 4.39 Å². The summed E-state index contributed by atoms with van der Waals surface area (Å²) < 4.78 is 12.9. The third-order valence-electron chi connectivity index (χ3n) is 2.44. The van der Waals surface area contributed by atoms with Gasteiger partial charge in [0.2, 0.25) is 0 Å².